The Morgan fingerprint density at radius 1 is 1.43 bits per heavy atom. The third-order valence-electron chi connectivity index (χ3n) is 4.26. The molecule has 3 rings (SSSR count). The number of nitrogens with zero attached hydrogens (tertiary/aromatic N) is 4. The lowest BCUT2D eigenvalue weighted by Gasteiger charge is -2.23. The zero-order valence-electron chi connectivity index (χ0n) is 13.1. The predicted molar refractivity (Wildman–Crippen MR) is 81.0 cm³/mol. The molecule has 1 amide bonds. The highest BCUT2D eigenvalue weighted by Gasteiger charge is 2.38. The van der Waals surface area contributed by atoms with Gasteiger partial charge in [-0.3, -0.25) is 4.79 Å². The molecule has 0 spiro atoms. The lowest BCUT2D eigenvalue weighted by Crippen LogP contribution is -2.34. The third-order valence-corrected chi connectivity index (χ3v) is 4.26. The predicted octanol–water partition coefficient (Wildman–Crippen LogP) is 1.49. The molecule has 1 saturated heterocycles. The summed E-state index contributed by atoms with van der Waals surface area (Å²) in [5, 5.41) is 8.00. The van der Waals surface area contributed by atoms with E-state index in [1.807, 2.05) is 7.05 Å². The average molecular weight is 318 g/mol. The second-order valence-electron chi connectivity index (χ2n) is 5.72. The summed E-state index contributed by atoms with van der Waals surface area (Å²) in [7, 11) is 3.47. The minimum absolute atomic E-state index is 0.0253. The average Bonchev–Trinajstić information content (AvgIpc) is 3.15. The molecule has 1 aliphatic heterocycles. The highest BCUT2D eigenvalue weighted by atomic mass is 19.1. The van der Waals surface area contributed by atoms with E-state index in [2.05, 4.69) is 10.2 Å². The zero-order valence-corrected chi connectivity index (χ0v) is 13.1. The van der Waals surface area contributed by atoms with Gasteiger partial charge in [0.05, 0.1) is 18.6 Å². The molecule has 1 fully saturated rings. The van der Waals surface area contributed by atoms with Crippen molar-refractivity contribution >= 4 is 5.91 Å². The number of hydrogen-bond donors (Lipinski definition) is 0. The van der Waals surface area contributed by atoms with Gasteiger partial charge in [-0.05, 0) is 11.6 Å². The molecule has 23 heavy (non-hydrogen) atoms. The molecule has 0 saturated carbocycles. The Morgan fingerprint density at radius 3 is 2.87 bits per heavy atom. The van der Waals surface area contributed by atoms with Crippen LogP contribution in [0.25, 0.3) is 0 Å². The van der Waals surface area contributed by atoms with Crippen LogP contribution in [0.1, 0.15) is 23.9 Å². The Labute approximate surface area is 133 Å². The summed E-state index contributed by atoms with van der Waals surface area (Å²) in [6, 6.07) is 6.14. The number of carbonyl (C=O) groups is 1. The number of rotatable bonds is 4. The number of likely N-dealkylation sites (tertiary alicyclic amines) is 1. The summed E-state index contributed by atoms with van der Waals surface area (Å²) in [6.07, 6.45) is 2.24. The summed E-state index contributed by atoms with van der Waals surface area (Å²) in [5.41, 5.74) is 0.398. The van der Waals surface area contributed by atoms with E-state index in [1.54, 1.807) is 41.1 Å². The monoisotopic (exact) mass is 318 g/mol. The van der Waals surface area contributed by atoms with Crippen molar-refractivity contribution in [2.75, 3.05) is 13.7 Å². The van der Waals surface area contributed by atoms with Crippen LogP contribution < -0.4 is 0 Å². The quantitative estimate of drug-likeness (QED) is 0.857. The highest BCUT2D eigenvalue weighted by Crippen LogP contribution is 2.32. The summed E-state index contributed by atoms with van der Waals surface area (Å²) >= 11 is 0. The number of hydrogen-bond acceptors (Lipinski definition) is 4. The van der Waals surface area contributed by atoms with Crippen molar-refractivity contribution in [1.82, 2.24) is 19.7 Å². The number of aryl methyl sites for hydroxylation is 1. The molecule has 1 aromatic carbocycles. The maximum Gasteiger partial charge on any atom is 0.227 e. The van der Waals surface area contributed by atoms with Crippen molar-refractivity contribution in [2.24, 2.45) is 7.05 Å². The molecule has 0 aliphatic carbocycles. The maximum atomic E-state index is 13.8. The van der Waals surface area contributed by atoms with E-state index in [-0.39, 0.29) is 30.3 Å². The van der Waals surface area contributed by atoms with Crippen LogP contribution in [0.4, 0.5) is 4.39 Å². The van der Waals surface area contributed by atoms with Crippen LogP contribution in [0.15, 0.2) is 30.6 Å². The Bertz CT molecular complexity index is 703. The van der Waals surface area contributed by atoms with Crippen molar-refractivity contribution in [1.29, 1.82) is 0 Å². The van der Waals surface area contributed by atoms with Gasteiger partial charge in [-0.2, -0.15) is 0 Å². The number of benzene rings is 1. The molecule has 122 valence electrons. The number of halogens is 1. The SMILES string of the molecule is CO[C@@H]1C[C@@H](c2nncn2C)N(C(=O)Cc2ccccc2F)C1. The number of amides is 1. The van der Waals surface area contributed by atoms with Gasteiger partial charge < -0.3 is 14.2 Å². The minimum atomic E-state index is -0.362. The fraction of sp³-hybridized carbons (Fsp3) is 0.438. The van der Waals surface area contributed by atoms with Crippen LogP contribution in [-0.2, 0) is 23.0 Å². The van der Waals surface area contributed by atoms with E-state index < -0.39 is 0 Å². The number of methoxy groups -OCH3 is 1. The van der Waals surface area contributed by atoms with Crippen LogP contribution in [0, 0.1) is 5.82 Å². The van der Waals surface area contributed by atoms with E-state index in [0.717, 1.165) is 0 Å². The highest BCUT2D eigenvalue weighted by molar-refractivity contribution is 5.79. The fourth-order valence-corrected chi connectivity index (χ4v) is 2.99. The van der Waals surface area contributed by atoms with Gasteiger partial charge in [0.1, 0.15) is 12.1 Å². The van der Waals surface area contributed by atoms with E-state index in [1.165, 1.54) is 6.07 Å². The van der Waals surface area contributed by atoms with Crippen molar-refractivity contribution in [3.8, 4) is 0 Å². The largest absolute Gasteiger partial charge is 0.380 e. The lowest BCUT2D eigenvalue weighted by molar-refractivity contribution is -0.132. The summed E-state index contributed by atoms with van der Waals surface area (Å²) in [5.74, 6) is 0.215. The van der Waals surface area contributed by atoms with Gasteiger partial charge in [0.15, 0.2) is 5.82 Å². The summed E-state index contributed by atoms with van der Waals surface area (Å²) in [6.45, 7) is 0.474. The van der Waals surface area contributed by atoms with Gasteiger partial charge in [0.25, 0.3) is 0 Å². The maximum absolute atomic E-state index is 13.8. The van der Waals surface area contributed by atoms with Gasteiger partial charge in [0, 0.05) is 27.1 Å². The zero-order chi connectivity index (χ0) is 16.4. The molecule has 0 radical (unpaired) electrons. The summed E-state index contributed by atoms with van der Waals surface area (Å²) in [4.78, 5) is 14.4. The minimum Gasteiger partial charge on any atom is -0.380 e. The Balaban J connectivity index is 1.82. The summed E-state index contributed by atoms with van der Waals surface area (Å²) < 4.78 is 21.0. The first-order valence-corrected chi connectivity index (χ1v) is 7.49. The molecule has 1 aliphatic rings. The van der Waals surface area contributed by atoms with Gasteiger partial charge >= 0.3 is 0 Å². The number of ether oxygens (including phenoxy) is 1. The van der Waals surface area contributed by atoms with Gasteiger partial charge in [0.2, 0.25) is 5.91 Å². The second-order valence-corrected chi connectivity index (χ2v) is 5.72. The molecule has 7 heteroatoms. The van der Waals surface area contributed by atoms with Crippen molar-refractivity contribution < 1.29 is 13.9 Å². The Morgan fingerprint density at radius 2 is 2.22 bits per heavy atom. The van der Waals surface area contributed by atoms with Crippen molar-refractivity contribution in [3.63, 3.8) is 0 Å². The molecule has 2 aromatic rings. The third kappa shape index (κ3) is 3.10. The van der Waals surface area contributed by atoms with E-state index >= 15 is 0 Å². The molecule has 2 atom stereocenters. The second kappa shape index (κ2) is 6.45. The molecule has 6 nitrogen and oxygen atoms in total. The molecule has 1 aromatic heterocycles. The number of carbonyl (C=O) groups excluding carboxylic acids is 1. The van der Waals surface area contributed by atoms with E-state index in [0.29, 0.717) is 24.4 Å². The van der Waals surface area contributed by atoms with Gasteiger partial charge in [-0.25, -0.2) is 4.39 Å². The van der Waals surface area contributed by atoms with Crippen molar-refractivity contribution in [2.45, 2.75) is 25.0 Å². The number of aromatic nitrogens is 3. The topological polar surface area (TPSA) is 60.3 Å². The molecule has 0 unspecified atom stereocenters. The van der Waals surface area contributed by atoms with E-state index in [9.17, 15) is 9.18 Å². The first kappa shape index (κ1) is 15.6. The van der Waals surface area contributed by atoms with Crippen LogP contribution in [0.3, 0.4) is 0 Å². The van der Waals surface area contributed by atoms with Gasteiger partial charge in [-0.1, -0.05) is 18.2 Å². The van der Waals surface area contributed by atoms with Crippen LogP contribution >= 0.6 is 0 Å². The van der Waals surface area contributed by atoms with E-state index in [4.69, 9.17) is 4.74 Å². The molecular formula is C16H19FN4O2. The smallest absolute Gasteiger partial charge is 0.227 e. The normalized spacial score (nSPS) is 20.9. The van der Waals surface area contributed by atoms with Crippen LogP contribution in [0.5, 0.6) is 0 Å². The Hall–Kier alpha value is -2.28. The molecular weight excluding hydrogens is 299 g/mol. The lowest BCUT2D eigenvalue weighted by atomic mass is 10.1. The molecule has 2 heterocycles. The standard InChI is InChI=1S/C16H19FN4O2/c1-20-10-18-19-16(20)14-8-12(23-2)9-21(14)15(22)7-11-5-3-4-6-13(11)17/h3-6,10,12,14H,7-9H2,1-2H3/t12-,14+/m1/s1. The molecule has 0 bridgehead atoms. The first-order chi connectivity index (χ1) is 11.1. The van der Waals surface area contributed by atoms with Crippen LogP contribution in [-0.4, -0.2) is 45.3 Å². The molecule has 0 N–H and O–H groups in total. The van der Waals surface area contributed by atoms with Crippen molar-refractivity contribution in [3.05, 3.63) is 47.8 Å². The Kier molecular flexibility index (Phi) is 4.38. The fourth-order valence-electron chi connectivity index (χ4n) is 2.99. The van der Waals surface area contributed by atoms with Crippen LogP contribution in [0.2, 0.25) is 0 Å². The van der Waals surface area contributed by atoms with Gasteiger partial charge in [-0.15, -0.1) is 10.2 Å². The first-order valence-electron chi connectivity index (χ1n) is 7.49.